The van der Waals surface area contributed by atoms with Crippen LogP contribution in [0.1, 0.15) is 68.7 Å². The zero-order chi connectivity index (χ0) is 12.4. The molecule has 0 bridgehead atoms. The van der Waals surface area contributed by atoms with Crippen molar-refractivity contribution in [1.82, 2.24) is 5.32 Å². The first kappa shape index (κ1) is 23.6. The van der Waals surface area contributed by atoms with Crippen molar-refractivity contribution < 1.29 is 0 Å². The van der Waals surface area contributed by atoms with E-state index in [1.165, 1.54) is 13.0 Å². The maximum Gasteiger partial charge on any atom is -0.00466 e. The largest absolute Gasteiger partial charge is 0.317 e. The predicted molar refractivity (Wildman–Crippen MR) is 72.0 cm³/mol. The molecule has 0 unspecified atom stereocenters. The van der Waals surface area contributed by atoms with Crippen LogP contribution in [0, 0.1) is 5.92 Å². The average molecular weight is 205 g/mol. The number of hydrogen-bond donors (Lipinski definition) is 1. The minimum atomic E-state index is 0.842. The summed E-state index contributed by atoms with van der Waals surface area (Å²) in [6, 6.07) is 0. The minimum absolute atomic E-state index is 0.842. The molecule has 0 aromatic rings. The quantitative estimate of drug-likeness (QED) is 0.655. The fourth-order valence-corrected chi connectivity index (χ4v) is 0.568. The van der Waals surface area contributed by atoms with Crippen molar-refractivity contribution >= 4 is 0 Å². The van der Waals surface area contributed by atoms with Gasteiger partial charge < -0.3 is 5.32 Å². The van der Waals surface area contributed by atoms with Crippen molar-refractivity contribution in [3.05, 3.63) is 0 Å². The molecule has 1 heteroatoms. The summed E-state index contributed by atoms with van der Waals surface area (Å²) in [5.41, 5.74) is 0. The molecule has 0 rings (SSSR count). The van der Waals surface area contributed by atoms with Gasteiger partial charge in [-0.15, -0.1) is 0 Å². The van der Waals surface area contributed by atoms with E-state index >= 15 is 0 Å². The van der Waals surface area contributed by atoms with Crippen LogP contribution in [0.25, 0.3) is 0 Å². The van der Waals surface area contributed by atoms with Crippen molar-refractivity contribution in [2.45, 2.75) is 68.7 Å². The fraction of sp³-hybridized carbons (Fsp3) is 1.00. The normalized spacial score (nSPS) is 7.29. The van der Waals surface area contributed by atoms with Gasteiger partial charge in [0.15, 0.2) is 0 Å². The van der Waals surface area contributed by atoms with Crippen molar-refractivity contribution in [2.75, 3.05) is 13.1 Å². The Kier molecular flexibility index (Phi) is 64.6. The molecule has 0 atom stereocenters. The van der Waals surface area contributed by atoms with Crippen LogP contribution in [0.4, 0.5) is 0 Å². The van der Waals surface area contributed by atoms with Crippen LogP contribution in [-0.4, -0.2) is 13.1 Å². The summed E-state index contributed by atoms with van der Waals surface area (Å²) in [4.78, 5) is 0. The average Bonchev–Trinajstić information content (AvgIpc) is 2.27. The van der Waals surface area contributed by atoms with Crippen LogP contribution < -0.4 is 5.32 Å². The van der Waals surface area contributed by atoms with Crippen LogP contribution >= 0.6 is 0 Å². The maximum absolute atomic E-state index is 3.28. The van der Waals surface area contributed by atoms with Gasteiger partial charge in [-0.1, -0.05) is 62.3 Å². The summed E-state index contributed by atoms with van der Waals surface area (Å²) in [5.74, 6) is 0.842. The van der Waals surface area contributed by atoms with E-state index in [0.29, 0.717) is 0 Å². The molecule has 0 saturated carbocycles. The monoisotopic (exact) mass is 205 g/mol. The highest BCUT2D eigenvalue weighted by Gasteiger charge is 1.89. The van der Waals surface area contributed by atoms with Crippen LogP contribution in [0.15, 0.2) is 0 Å². The Balaban J connectivity index is -0.0000000708. The Morgan fingerprint density at radius 1 is 0.857 bits per heavy atom. The highest BCUT2D eigenvalue weighted by atomic mass is 14.8. The molecule has 14 heavy (non-hydrogen) atoms. The molecule has 0 fully saturated rings. The molecular formula is C13H35N. The molecule has 0 spiro atoms. The second kappa shape index (κ2) is 38.3. The highest BCUT2D eigenvalue weighted by Crippen LogP contribution is 1.95. The Hall–Kier alpha value is -0.0400. The van der Waals surface area contributed by atoms with Gasteiger partial charge in [0.1, 0.15) is 0 Å². The molecule has 0 radical (unpaired) electrons. The van der Waals surface area contributed by atoms with Crippen molar-refractivity contribution in [3.63, 3.8) is 0 Å². The molecule has 0 aliphatic carbocycles. The zero-order valence-corrected chi connectivity index (χ0v) is 12.2. The lowest BCUT2D eigenvalue weighted by molar-refractivity contribution is 0.546. The second-order valence-corrected chi connectivity index (χ2v) is 2.54. The molecule has 0 aromatic carbocycles. The molecule has 0 aliphatic rings. The highest BCUT2D eigenvalue weighted by molar-refractivity contribution is 4.47. The van der Waals surface area contributed by atoms with Gasteiger partial charge in [0.25, 0.3) is 0 Å². The SMILES string of the molecule is CC.CC.CC.CCNCCC(C)C. The number of rotatable bonds is 4. The first-order chi connectivity index (χ1) is 6.77. The van der Waals surface area contributed by atoms with E-state index in [-0.39, 0.29) is 0 Å². The van der Waals surface area contributed by atoms with Crippen LogP contribution in [-0.2, 0) is 0 Å². The molecule has 0 amide bonds. The van der Waals surface area contributed by atoms with Crippen LogP contribution in [0.5, 0.6) is 0 Å². The van der Waals surface area contributed by atoms with E-state index in [1.54, 1.807) is 0 Å². The lowest BCUT2D eigenvalue weighted by atomic mass is 10.1. The molecule has 1 N–H and O–H groups in total. The molecule has 0 heterocycles. The van der Waals surface area contributed by atoms with Gasteiger partial charge in [-0.05, 0) is 25.4 Å². The Labute approximate surface area is 93.7 Å². The summed E-state index contributed by atoms with van der Waals surface area (Å²) in [5, 5.41) is 3.28. The van der Waals surface area contributed by atoms with Crippen LogP contribution in [0.3, 0.4) is 0 Å². The van der Waals surface area contributed by atoms with Crippen molar-refractivity contribution in [1.29, 1.82) is 0 Å². The molecule has 0 aromatic heterocycles. The zero-order valence-electron chi connectivity index (χ0n) is 12.2. The van der Waals surface area contributed by atoms with E-state index in [0.717, 1.165) is 12.5 Å². The van der Waals surface area contributed by atoms with Gasteiger partial charge in [-0.2, -0.15) is 0 Å². The topological polar surface area (TPSA) is 12.0 Å². The van der Waals surface area contributed by atoms with E-state index in [2.05, 4.69) is 26.1 Å². The van der Waals surface area contributed by atoms with Crippen LogP contribution in [0.2, 0.25) is 0 Å². The minimum Gasteiger partial charge on any atom is -0.317 e. The number of nitrogens with one attached hydrogen (secondary N) is 1. The van der Waals surface area contributed by atoms with E-state index in [9.17, 15) is 0 Å². The summed E-state index contributed by atoms with van der Waals surface area (Å²) in [6.07, 6.45) is 1.30. The summed E-state index contributed by atoms with van der Waals surface area (Å²) < 4.78 is 0. The Morgan fingerprint density at radius 3 is 1.43 bits per heavy atom. The fourth-order valence-electron chi connectivity index (χ4n) is 0.568. The van der Waals surface area contributed by atoms with Gasteiger partial charge in [0, 0.05) is 0 Å². The first-order valence-corrected chi connectivity index (χ1v) is 6.48. The second-order valence-electron chi connectivity index (χ2n) is 2.54. The Bertz CT molecular complexity index is 42.5. The van der Waals surface area contributed by atoms with Gasteiger partial charge >= 0.3 is 0 Å². The van der Waals surface area contributed by atoms with Gasteiger partial charge in [0.2, 0.25) is 0 Å². The summed E-state index contributed by atoms with van der Waals surface area (Å²) in [6.45, 7) is 20.9. The van der Waals surface area contributed by atoms with Crippen molar-refractivity contribution in [2.24, 2.45) is 5.92 Å². The first-order valence-electron chi connectivity index (χ1n) is 6.48. The number of hydrogen-bond acceptors (Lipinski definition) is 1. The van der Waals surface area contributed by atoms with Crippen molar-refractivity contribution in [3.8, 4) is 0 Å². The standard InChI is InChI=1S/C7H17N.3C2H6/c1-4-8-6-5-7(2)3;3*1-2/h7-8H,4-6H2,1-3H3;3*1-2H3. The summed E-state index contributed by atoms with van der Waals surface area (Å²) >= 11 is 0. The van der Waals surface area contributed by atoms with E-state index in [1.807, 2.05) is 41.5 Å². The molecule has 0 saturated heterocycles. The van der Waals surface area contributed by atoms with Gasteiger partial charge in [-0.25, -0.2) is 0 Å². The van der Waals surface area contributed by atoms with Gasteiger partial charge in [-0.3, -0.25) is 0 Å². The molecule has 1 nitrogen and oxygen atoms in total. The Morgan fingerprint density at radius 2 is 1.21 bits per heavy atom. The lowest BCUT2D eigenvalue weighted by Crippen LogP contribution is -2.15. The van der Waals surface area contributed by atoms with E-state index in [4.69, 9.17) is 0 Å². The van der Waals surface area contributed by atoms with E-state index < -0.39 is 0 Å². The van der Waals surface area contributed by atoms with Gasteiger partial charge in [0.05, 0.1) is 0 Å². The summed E-state index contributed by atoms with van der Waals surface area (Å²) in [7, 11) is 0. The smallest absolute Gasteiger partial charge is 0.00466 e. The third-order valence-electron chi connectivity index (χ3n) is 1.15. The molecule has 92 valence electrons. The third kappa shape index (κ3) is 58.4. The molecule has 0 aliphatic heterocycles. The predicted octanol–water partition coefficient (Wildman–Crippen LogP) is 4.72. The lowest BCUT2D eigenvalue weighted by Gasteiger charge is -2.02. The molecular weight excluding hydrogens is 170 g/mol. The third-order valence-corrected chi connectivity index (χ3v) is 1.15. The maximum atomic E-state index is 3.28.